The molecule has 0 aromatic rings. The fourth-order valence-corrected chi connectivity index (χ4v) is 0. The van der Waals surface area contributed by atoms with Crippen LogP contribution in [0, 0.1) is 5.53 Å². The number of nitrogens with two attached hydrogens (primary N) is 2. The summed E-state index contributed by atoms with van der Waals surface area (Å²) in [5.41, 5.74) is 12.2. The Morgan fingerprint density at radius 3 is 1.60 bits per heavy atom. The standard InChI is InChI=1S/HN3.H4N2/c1-3-2;1-2/h1H;1-2H2. The van der Waals surface area contributed by atoms with Crippen molar-refractivity contribution in [3.05, 3.63) is 10.4 Å². The summed E-state index contributed by atoms with van der Waals surface area (Å²) in [5, 5.41) is 0. The van der Waals surface area contributed by atoms with Crippen molar-refractivity contribution in [2.75, 3.05) is 0 Å². The van der Waals surface area contributed by atoms with Gasteiger partial charge in [0, 0.05) is 0 Å². The van der Waals surface area contributed by atoms with E-state index in [0.29, 0.717) is 0 Å². The van der Waals surface area contributed by atoms with Crippen molar-refractivity contribution in [2.45, 2.75) is 0 Å². The predicted molar refractivity (Wildman–Crippen MR) is 17.8 cm³/mol. The fraction of sp³-hybridized carbons (Fsp3) is 0. The molecule has 0 aliphatic rings. The average molecular weight is 75.1 g/mol. The van der Waals surface area contributed by atoms with E-state index in [1.165, 1.54) is 0 Å². The van der Waals surface area contributed by atoms with Gasteiger partial charge < -0.3 is 0 Å². The smallest absolute Gasteiger partial charge is 0.00208 e. The molecule has 0 saturated carbocycles. The molecule has 30 valence electrons. The van der Waals surface area contributed by atoms with Crippen molar-refractivity contribution < 1.29 is 0 Å². The Kier molecular flexibility index (Phi) is 539. The van der Waals surface area contributed by atoms with Crippen LogP contribution in [0.5, 0.6) is 0 Å². The Morgan fingerprint density at radius 1 is 1.60 bits per heavy atom. The minimum atomic E-state index is 1.75. The summed E-state index contributed by atoms with van der Waals surface area (Å²) in [6, 6.07) is 0. The third kappa shape index (κ3) is 8.24. The second-order valence-electron chi connectivity index (χ2n) is 0.100. The topological polar surface area (TPSA) is 112 Å². The minimum absolute atomic E-state index is 1.75. The first kappa shape index (κ1) is 8.87. The van der Waals surface area contributed by atoms with Gasteiger partial charge in [-0.2, -0.15) is 0 Å². The van der Waals surface area contributed by atoms with Crippen molar-refractivity contribution in [3.63, 3.8) is 0 Å². The summed E-state index contributed by atoms with van der Waals surface area (Å²) in [6.45, 7) is 0. The Bertz CT molecular complexity index is 21.0. The molecule has 0 aromatic heterocycles. The molecule has 0 bridgehead atoms. The van der Waals surface area contributed by atoms with Crippen LogP contribution in [0.25, 0.3) is 10.4 Å². The number of nitrogens with zero attached hydrogens (tertiary/aromatic N) is 2. The van der Waals surface area contributed by atoms with Crippen LogP contribution >= 0.6 is 0 Å². The molecular weight excluding hydrogens is 70.0 g/mol. The van der Waals surface area contributed by atoms with Gasteiger partial charge in [-0.3, -0.25) is 11.7 Å². The third-order valence-electron chi connectivity index (χ3n) is 0. The van der Waals surface area contributed by atoms with Gasteiger partial charge in [0.25, 0.3) is 0 Å². The van der Waals surface area contributed by atoms with E-state index in [-0.39, 0.29) is 0 Å². The summed E-state index contributed by atoms with van der Waals surface area (Å²) >= 11 is 0. The highest BCUT2D eigenvalue weighted by Crippen LogP contribution is 1.24. The van der Waals surface area contributed by atoms with E-state index in [0.717, 1.165) is 0 Å². The first-order valence-electron chi connectivity index (χ1n) is 0.757. The maximum atomic E-state index is 6.86. The van der Waals surface area contributed by atoms with Crippen LogP contribution in [-0.2, 0) is 0 Å². The van der Waals surface area contributed by atoms with Gasteiger partial charge in [-0.25, -0.2) is 0 Å². The van der Waals surface area contributed by atoms with Crippen LogP contribution in [0.2, 0.25) is 0 Å². The zero-order valence-electron chi connectivity index (χ0n) is 2.55. The highest BCUT2D eigenvalue weighted by molar-refractivity contribution is 4.18. The number of nitrogens with one attached hydrogen (secondary N) is 1. The van der Waals surface area contributed by atoms with E-state index >= 15 is 0 Å². The van der Waals surface area contributed by atoms with E-state index in [1.807, 2.05) is 0 Å². The second-order valence-corrected chi connectivity index (χ2v) is 0.100. The molecule has 0 amide bonds. The summed E-state index contributed by atoms with van der Waals surface area (Å²) in [5.74, 6) is 8.00. The summed E-state index contributed by atoms with van der Waals surface area (Å²) in [6.07, 6.45) is 0. The molecule has 0 unspecified atom stereocenters. The van der Waals surface area contributed by atoms with Crippen molar-refractivity contribution >= 4 is 0 Å². The zero-order chi connectivity index (χ0) is 4.71. The molecular formula is H5N5. The van der Waals surface area contributed by atoms with Crippen LogP contribution in [0.4, 0.5) is 0 Å². The van der Waals surface area contributed by atoms with E-state index in [2.05, 4.69) is 11.7 Å². The van der Waals surface area contributed by atoms with Crippen LogP contribution in [0.1, 0.15) is 0 Å². The van der Waals surface area contributed by atoms with E-state index in [9.17, 15) is 0 Å². The van der Waals surface area contributed by atoms with Crippen molar-refractivity contribution in [2.24, 2.45) is 11.7 Å². The molecule has 5 heteroatoms. The Hall–Kier alpha value is -0.770. The highest BCUT2D eigenvalue weighted by Gasteiger charge is 0.973. The predicted octanol–water partition coefficient (Wildman–Crippen LogP) is -0.306. The van der Waals surface area contributed by atoms with Gasteiger partial charge in [-0.05, 0) is 10.4 Å². The van der Waals surface area contributed by atoms with Crippen LogP contribution in [0.15, 0.2) is 0 Å². The Labute approximate surface area is 29.0 Å². The van der Waals surface area contributed by atoms with Gasteiger partial charge in [0.1, 0.15) is 0 Å². The summed E-state index contributed by atoms with van der Waals surface area (Å²) < 4.78 is 0. The molecule has 0 spiro atoms. The van der Waals surface area contributed by atoms with Crippen LogP contribution < -0.4 is 11.7 Å². The molecule has 5 nitrogen and oxygen atoms in total. The maximum absolute atomic E-state index is 6.86. The SMILES string of the molecule is NN.[N-]=[N+]=N. The largest absolute Gasteiger partial charge is 0.274 e. The van der Waals surface area contributed by atoms with Gasteiger partial charge in [0.2, 0.25) is 0 Å². The summed E-state index contributed by atoms with van der Waals surface area (Å²) in [4.78, 5) is 1.75. The molecule has 0 fully saturated rings. The van der Waals surface area contributed by atoms with E-state index < -0.39 is 0 Å². The van der Waals surface area contributed by atoms with Crippen LogP contribution in [0.3, 0.4) is 0 Å². The second kappa shape index (κ2) is 304. The number of rotatable bonds is 0. The van der Waals surface area contributed by atoms with Crippen LogP contribution in [-0.4, -0.2) is 0 Å². The lowest BCUT2D eigenvalue weighted by Gasteiger charge is -1.27. The van der Waals surface area contributed by atoms with Gasteiger partial charge >= 0.3 is 0 Å². The normalized spacial score (nSPS) is 2.80. The van der Waals surface area contributed by atoms with Crippen molar-refractivity contribution in [3.8, 4) is 0 Å². The molecule has 0 saturated heterocycles. The Morgan fingerprint density at radius 2 is 1.60 bits per heavy atom. The van der Waals surface area contributed by atoms with Crippen molar-refractivity contribution in [1.29, 1.82) is 5.53 Å². The zero-order valence-corrected chi connectivity index (χ0v) is 2.55. The lowest BCUT2D eigenvalue weighted by Crippen LogP contribution is -2.02. The molecule has 0 aliphatic carbocycles. The summed E-state index contributed by atoms with van der Waals surface area (Å²) in [7, 11) is 0. The van der Waals surface area contributed by atoms with E-state index in [4.69, 9.17) is 11.1 Å². The van der Waals surface area contributed by atoms with Gasteiger partial charge in [-0.15, -0.1) is 5.53 Å². The number of hydrogen-bond acceptors (Lipinski definition) is 3. The molecule has 0 rings (SSSR count). The monoisotopic (exact) mass is 75.1 g/mol. The molecule has 5 heavy (non-hydrogen) atoms. The molecule has 0 atom stereocenters. The minimum Gasteiger partial charge on any atom is -0.274 e. The molecule has 0 aromatic carbocycles. The highest BCUT2D eigenvalue weighted by atomic mass is 15.0. The molecule has 5 N–H and O–H groups in total. The maximum Gasteiger partial charge on any atom is -0.00208 e. The number of hydrogen-bond donors (Lipinski definition) is 3. The first-order valence-corrected chi connectivity index (χ1v) is 0.757. The fourth-order valence-electron chi connectivity index (χ4n) is 0. The lowest BCUT2D eigenvalue weighted by molar-refractivity contribution is 1.26. The van der Waals surface area contributed by atoms with Gasteiger partial charge in [0.15, 0.2) is 0 Å². The number of hydrazine groups is 1. The quantitative estimate of drug-likeness (QED) is 0.120. The third-order valence-corrected chi connectivity index (χ3v) is 0. The Balaban J connectivity index is 0. The van der Waals surface area contributed by atoms with Gasteiger partial charge in [-0.1, -0.05) is 0 Å². The van der Waals surface area contributed by atoms with Gasteiger partial charge in [0.05, 0.1) is 0 Å². The van der Waals surface area contributed by atoms with Crippen molar-refractivity contribution in [1.82, 2.24) is 0 Å². The molecule has 0 heterocycles. The first-order chi connectivity index (χ1) is 2.41. The molecule has 0 radical (unpaired) electrons. The average Bonchev–Trinajstić information content (AvgIpc) is 1.46. The van der Waals surface area contributed by atoms with E-state index in [1.54, 1.807) is 4.91 Å². The lowest BCUT2D eigenvalue weighted by atomic mass is 13.0. The molecule has 0 aliphatic heterocycles.